The van der Waals surface area contributed by atoms with Gasteiger partial charge >= 0.3 is 34.2 Å². The number of hydrogen-bond acceptors (Lipinski definition) is 6. The molecule has 0 spiro atoms. The number of carbonyl (C=O) groups excluding carboxylic acids is 1. The second-order valence-electron chi connectivity index (χ2n) is 7.29. The second-order valence-corrected chi connectivity index (χ2v) is 7.29. The Labute approximate surface area is 216 Å². The van der Waals surface area contributed by atoms with E-state index in [2.05, 4.69) is 31.6 Å². The van der Waals surface area contributed by atoms with Crippen molar-refractivity contribution in [2.45, 2.75) is 19.3 Å². The topological polar surface area (TPSA) is 129 Å². The van der Waals surface area contributed by atoms with Crippen LogP contribution in [0.1, 0.15) is 19.3 Å². The molecule has 5 N–H and O–H groups in total. The molecule has 1 heterocycles. The number of nitrogens with one attached hydrogen (secondary N) is 1. The number of pyridine rings is 1. The van der Waals surface area contributed by atoms with Crippen LogP contribution in [0, 0.1) is 0 Å². The maximum atomic E-state index is 11.2. The van der Waals surface area contributed by atoms with Crippen LogP contribution in [0.25, 0.3) is 27.2 Å². The standard InChI is InChI=1S/C22H25N4O2.C2H8N2.ClH.Pt/c1-26(20(23)12-13-21(27)28-2)15-7-14-24-22-16-8-3-5-10-18(16)25-19-11-6-4-9-17(19)22;3-1-2-4;;/h3-6,8-11H,7,12-15H2,1-2H3,(H,24,25);1-4H2;1H;/q-1;;;+2/p-1. The van der Waals surface area contributed by atoms with E-state index < -0.39 is 0 Å². The zero-order chi connectivity index (χ0) is 25.3. The number of nitrogens with zero attached hydrogens (tertiary/aromatic N) is 3. The van der Waals surface area contributed by atoms with E-state index in [1.165, 1.54) is 7.11 Å². The van der Waals surface area contributed by atoms with Gasteiger partial charge in [-0.15, -0.1) is 0 Å². The fraction of sp³-hybridized carbons (Fsp3) is 0.375. The van der Waals surface area contributed by atoms with Crippen molar-refractivity contribution in [3.63, 3.8) is 0 Å². The molecule has 0 unspecified atom stereocenters. The van der Waals surface area contributed by atoms with E-state index in [1.54, 1.807) is 23.7 Å². The number of halogens is 1. The quantitative estimate of drug-likeness (QED) is 0.105. The average molecular weight is 668 g/mol. The third kappa shape index (κ3) is 9.55. The number of benzene rings is 2. The van der Waals surface area contributed by atoms with E-state index in [1.807, 2.05) is 43.4 Å². The molecule has 1 aromatic heterocycles. The van der Waals surface area contributed by atoms with Crippen molar-refractivity contribution in [3.05, 3.63) is 53.9 Å². The first-order valence-corrected chi connectivity index (χ1v) is 13.7. The summed E-state index contributed by atoms with van der Waals surface area (Å²) in [7, 11) is 7.78. The number of fused-ring (bicyclic) bond motifs is 2. The molecule has 2 aromatic carbocycles. The molecule has 0 atom stereocenters. The van der Waals surface area contributed by atoms with E-state index >= 15 is 0 Å². The Kier molecular flexibility index (Phi) is 15.1. The molecule has 0 saturated carbocycles. The Balaban J connectivity index is 0.000000872. The van der Waals surface area contributed by atoms with E-state index in [-0.39, 0.29) is 24.6 Å². The predicted octanol–water partition coefficient (Wildman–Crippen LogP) is 3.63. The summed E-state index contributed by atoms with van der Waals surface area (Å²) >= 11 is 1.61. The van der Waals surface area contributed by atoms with Gasteiger partial charge in [0.25, 0.3) is 0 Å². The van der Waals surface area contributed by atoms with Crippen LogP contribution >= 0.6 is 9.42 Å². The van der Waals surface area contributed by atoms with E-state index in [0.29, 0.717) is 19.6 Å². The number of aromatic nitrogens is 1. The Morgan fingerprint density at radius 3 is 2.09 bits per heavy atom. The Morgan fingerprint density at radius 2 is 1.59 bits per heavy atom. The number of nitrogens with two attached hydrogens (primary N) is 2. The zero-order valence-electron chi connectivity index (χ0n) is 19.6. The number of carbonyl (C=O) groups is 1. The van der Waals surface area contributed by atoms with Crippen molar-refractivity contribution in [1.29, 1.82) is 0 Å². The van der Waals surface area contributed by atoms with Crippen LogP contribution in [0.4, 0.5) is 5.69 Å². The van der Waals surface area contributed by atoms with Crippen LogP contribution in [0.2, 0.25) is 0 Å². The summed E-state index contributed by atoms with van der Waals surface area (Å²) in [6, 6.07) is 16.2. The number of para-hydroxylation sites is 2. The molecule has 34 heavy (non-hydrogen) atoms. The Hall–Kier alpha value is -2.25. The molecule has 0 aliphatic rings. The van der Waals surface area contributed by atoms with Crippen molar-refractivity contribution >= 4 is 48.7 Å². The predicted molar refractivity (Wildman–Crippen MR) is 139 cm³/mol. The molecule has 10 heteroatoms. The van der Waals surface area contributed by atoms with Gasteiger partial charge in [-0.05, 0) is 31.5 Å². The Bertz CT molecular complexity index is 981. The molecule has 0 aliphatic heterocycles. The van der Waals surface area contributed by atoms with Crippen LogP contribution in [-0.4, -0.2) is 62.0 Å². The van der Waals surface area contributed by atoms with E-state index in [0.717, 1.165) is 40.5 Å². The first kappa shape index (κ1) is 29.8. The second kappa shape index (κ2) is 17.2. The van der Waals surface area contributed by atoms with Crippen molar-refractivity contribution in [3.8, 4) is 0 Å². The summed E-state index contributed by atoms with van der Waals surface area (Å²) < 4.78 is 4.60. The molecule has 188 valence electrons. The van der Waals surface area contributed by atoms with Gasteiger partial charge in [0.2, 0.25) is 0 Å². The number of anilines is 1. The monoisotopic (exact) mass is 667 g/mol. The molecule has 0 radical (unpaired) electrons. The number of rotatable bonds is 9. The molecule has 0 aliphatic carbocycles. The minimum atomic E-state index is -0.321. The molecule has 0 bridgehead atoms. The van der Waals surface area contributed by atoms with Crippen molar-refractivity contribution in [2.24, 2.45) is 11.5 Å². The van der Waals surface area contributed by atoms with Gasteiger partial charge in [0.05, 0.1) is 23.8 Å². The Morgan fingerprint density at radius 1 is 1.06 bits per heavy atom. The molecular weight excluding hydrogens is 635 g/mol. The fourth-order valence-corrected chi connectivity index (χ4v) is 3.20. The summed E-state index contributed by atoms with van der Waals surface area (Å²) in [6.07, 6.45) is 1.31. The first-order valence-electron chi connectivity index (χ1n) is 10.9. The number of methoxy groups -OCH3 is 1. The van der Waals surface area contributed by atoms with Gasteiger partial charge in [-0.25, -0.2) is 4.98 Å². The number of esters is 1. The summed E-state index contributed by atoms with van der Waals surface area (Å²) in [5, 5.41) is 15.8. The number of ether oxygens (including phenoxy) is 1. The van der Waals surface area contributed by atoms with Gasteiger partial charge in [-0.3, -0.25) is 4.79 Å². The van der Waals surface area contributed by atoms with E-state index in [4.69, 9.17) is 16.5 Å². The summed E-state index contributed by atoms with van der Waals surface area (Å²) in [4.78, 5) is 17.7. The molecular formula is C24H33ClN6O2Pt. The van der Waals surface area contributed by atoms with Gasteiger partial charge < -0.3 is 31.8 Å². The van der Waals surface area contributed by atoms with Crippen molar-refractivity contribution < 1.29 is 28.3 Å². The van der Waals surface area contributed by atoms with E-state index in [9.17, 15) is 10.2 Å². The minimum absolute atomic E-state index is 0.180. The number of amidine groups is 1. The van der Waals surface area contributed by atoms with Gasteiger partial charge in [0.15, 0.2) is 0 Å². The first-order chi connectivity index (χ1) is 16.5. The van der Waals surface area contributed by atoms with Crippen LogP contribution in [0.3, 0.4) is 0 Å². The maximum absolute atomic E-state index is 11.2. The summed E-state index contributed by atoms with van der Waals surface area (Å²) in [6.45, 7) is 2.63. The molecule has 0 saturated heterocycles. The van der Waals surface area contributed by atoms with Gasteiger partial charge in [-0.2, -0.15) is 0 Å². The third-order valence-corrected chi connectivity index (χ3v) is 4.95. The van der Waals surface area contributed by atoms with Crippen LogP contribution in [0.15, 0.2) is 48.5 Å². The van der Waals surface area contributed by atoms with Crippen LogP contribution in [-0.2, 0) is 28.3 Å². The number of hydrogen-bond donors (Lipinski definition) is 3. The SMILES string of the molecule is COC(=O)CCC(=[N-])N(C)CCCNc1c2ccccc2nc2ccccc12.NCCN.[Cl][Pt+]. The van der Waals surface area contributed by atoms with Crippen molar-refractivity contribution in [1.82, 2.24) is 9.88 Å². The van der Waals surface area contributed by atoms with Gasteiger partial charge in [0.1, 0.15) is 0 Å². The van der Waals surface area contributed by atoms with Crippen molar-refractivity contribution in [2.75, 3.05) is 45.7 Å². The zero-order valence-corrected chi connectivity index (χ0v) is 22.6. The van der Waals surface area contributed by atoms with Gasteiger partial charge in [0, 0.05) is 36.8 Å². The molecule has 0 amide bonds. The normalized spacial score (nSPS) is 9.97. The summed E-state index contributed by atoms with van der Waals surface area (Å²) in [5.41, 5.74) is 12.8. The molecule has 3 rings (SSSR count). The third-order valence-electron chi connectivity index (χ3n) is 4.95. The molecule has 3 aromatic rings. The average Bonchev–Trinajstić information content (AvgIpc) is 2.89. The van der Waals surface area contributed by atoms with Crippen LogP contribution < -0.4 is 16.8 Å². The molecule has 0 fully saturated rings. The van der Waals surface area contributed by atoms with Crippen LogP contribution in [0.5, 0.6) is 0 Å². The van der Waals surface area contributed by atoms with Gasteiger partial charge in [-0.1, -0.05) is 49.3 Å². The fourth-order valence-electron chi connectivity index (χ4n) is 3.20. The summed E-state index contributed by atoms with van der Waals surface area (Å²) in [5.74, 6) is -0.122. The molecule has 8 nitrogen and oxygen atoms in total.